The summed E-state index contributed by atoms with van der Waals surface area (Å²) in [7, 11) is 1.63. The minimum atomic E-state index is -0.470. The first-order chi connectivity index (χ1) is 13.1. The Balaban J connectivity index is 1.92. The standard InChI is InChI=1S/C21H18BrNO4/c1-26-11-5-10-23-18(13-6-4-7-14(22)12-13)17-19(24)15-8-2-3-9-16(15)27-20(17)21(23)25/h2-4,6-9,12,18H,5,10-11H2,1H3/t18-/m0/s1. The molecular formula is C21H18BrNO4. The van der Waals surface area contributed by atoms with Gasteiger partial charge < -0.3 is 14.1 Å². The lowest BCUT2D eigenvalue weighted by Crippen LogP contribution is -2.31. The van der Waals surface area contributed by atoms with Gasteiger partial charge in [-0.3, -0.25) is 9.59 Å². The van der Waals surface area contributed by atoms with Gasteiger partial charge in [-0.15, -0.1) is 0 Å². The van der Waals surface area contributed by atoms with Crippen LogP contribution >= 0.6 is 15.9 Å². The molecular weight excluding hydrogens is 410 g/mol. The van der Waals surface area contributed by atoms with Crippen LogP contribution in [0.2, 0.25) is 0 Å². The molecule has 1 aliphatic rings. The number of para-hydroxylation sites is 1. The van der Waals surface area contributed by atoms with Crippen molar-refractivity contribution in [3.63, 3.8) is 0 Å². The number of ether oxygens (including phenoxy) is 1. The number of benzene rings is 2. The van der Waals surface area contributed by atoms with Gasteiger partial charge in [-0.1, -0.05) is 40.2 Å². The van der Waals surface area contributed by atoms with Crippen molar-refractivity contribution in [2.75, 3.05) is 20.3 Å². The first-order valence-corrected chi connectivity index (χ1v) is 9.52. The number of nitrogens with zero attached hydrogens (tertiary/aromatic N) is 1. The Morgan fingerprint density at radius 3 is 2.74 bits per heavy atom. The number of amides is 1. The third-order valence-corrected chi connectivity index (χ3v) is 5.28. The molecule has 0 saturated carbocycles. The van der Waals surface area contributed by atoms with Gasteiger partial charge >= 0.3 is 0 Å². The van der Waals surface area contributed by atoms with E-state index in [1.54, 1.807) is 36.3 Å². The number of methoxy groups -OCH3 is 1. The van der Waals surface area contributed by atoms with Gasteiger partial charge in [0.25, 0.3) is 5.91 Å². The van der Waals surface area contributed by atoms with Crippen molar-refractivity contribution in [2.45, 2.75) is 12.5 Å². The lowest BCUT2D eigenvalue weighted by Gasteiger charge is -2.25. The highest BCUT2D eigenvalue weighted by Gasteiger charge is 2.42. The Bertz CT molecular complexity index is 1080. The molecule has 2 heterocycles. The first-order valence-electron chi connectivity index (χ1n) is 8.73. The fraction of sp³-hybridized carbons (Fsp3) is 0.238. The number of halogens is 1. The molecule has 5 nitrogen and oxygen atoms in total. The number of hydrogen-bond donors (Lipinski definition) is 0. The number of rotatable bonds is 5. The molecule has 0 unspecified atom stereocenters. The third kappa shape index (κ3) is 3.09. The minimum Gasteiger partial charge on any atom is -0.450 e. The molecule has 3 aromatic rings. The zero-order valence-electron chi connectivity index (χ0n) is 14.8. The highest BCUT2D eigenvalue weighted by Crippen LogP contribution is 2.38. The van der Waals surface area contributed by atoms with Crippen LogP contribution in [-0.4, -0.2) is 31.1 Å². The molecule has 2 aromatic carbocycles. The molecule has 0 bridgehead atoms. The predicted molar refractivity (Wildman–Crippen MR) is 106 cm³/mol. The van der Waals surface area contributed by atoms with Gasteiger partial charge in [0.15, 0.2) is 5.43 Å². The maximum absolute atomic E-state index is 13.2. The van der Waals surface area contributed by atoms with E-state index in [9.17, 15) is 9.59 Å². The van der Waals surface area contributed by atoms with Crippen LogP contribution in [0.4, 0.5) is 0 Å². The van der Waals surface area contributed by atoms with Crippen molar-refractivity contribution >= 4 is 32.8 Å². The van der Waals surface area contributed by atoms with E-state index >= 15 is 0 Å². The number of carbonyl (C=O) groups is 1. The van der Waals surface area contributed by atoms with E-state index in [2.05, 4.69) is 15.9 Å². The zero-order valence-corrected chi connectivity index (χ0v) is 16.4. The highest BCUT2D eigenvalue weighted by molar-refractivity contribution is 9.10. The van der Waals surface area contributed by atoms with Gasteiger partial charge in [-0.25, -0.2) is 0 Å². The Morgan fingerprint density at radius 2 is 1.96 bits per heavy atom. The van der Waals surface area contributed by atoms with E-state index in [0.717, 1.165) is 10.0 Å². The minimum absolute atomic E-state index is 0.140. The summed E-state index contributed by atoms with van der Waals surface area (Å²) in [5.41, 5.74) is 1.56. The summed E-state index contributed by atoms with van der Waals surface area (Å²) in [5.74, 6) is -0.116. The van der Waals surface area contributed by atoms with Crippen molar-refractivity contribution in [3.8, 4) is 0 Å². The van der Waals surface area contributed by atoms with Gasteiger partial charge in [0.2, 0.25) is 5.76 Å². The molecule has 0 saturated heterocycles. The second-order valence-electron chi connectivity index (χ2n) is 6.47. The largest absolute Gasteiger partial charge is 0.450 e. The van der Waals surface area contributed by atoms with E-state index < -0.39 is 6.04 Å². The quantitative estimate of drug-likeness (QED) is 0.574. The fourth-order valence-electron chi connectivity index (χ4n) is 3.60. The molecule has 0 radical (unpaired) electrons. The van der Waals surface area contributed by atoms with Crippen molar-refractivity contribution in [2.24, 2.45) is 0 Å². The van der Waals surface area contributed by atoms with Crippen LogP contribution in [-0.2, 0) is 4.74 Å². The lowest BCUT2D eigenvalue weighted by atomic mass is 9.98. The average Bonchev–Trinajstić information content (AvgIpc) is 2.95. The topological polar surface area (TPSA) is 59.8 Å². The van der Waals surface area contributed by atoms with E-state index in [4.69, 9.17) is 9.15 Å². The summed E-state index contributed by atoms with van der Waals surface area (Å²) >= 11 is 3.48. The van der Waals surface area contributed by atoms with Crippen LogP contribution < -0.4 is 5.43 Å². The van der Waals surface area contributed by atoms with Gasteiger partial charge in [-0.05, 0) is 36.2 Å². The van der Waals surface area contributed by atoms with E-state index in [-0.39, 0.29) is 17.1 Å². The summed E-state index contributed by atoms with van der Waals surface area (Å²) in [6, 6.07) is 14.2. The summed E-state index contributed by atoms with van der Waals surface area (Å²) in [5, 5.41) is 0.489. The third-order valence-electron chi connectivity index (χ3n) is 4.79. The summed E-state index contributed by atoms with van der Waals surface area (Å²) in [6.45, 7) is 1.01. The van der Waals surface area contributed by atoms with Crippen LogP contribution in [0.15, 0.2) is 62.2 Å². The molecule has 138 valence electrons. The first kappa shape index (κ1) is 17.9. The van der Waals surface area contributed by atoms with Gasteiger partial charge in [0, 0.05) is 24.7 Å². The second-order valence-corrected chi connectivity index (χ2v) is 7.39. The predicted octanol–water partition coefficient (Wildman–Crippen LogP) is 4.14. The second kappa shape index (κ2) is 7.29. The Kier molecular flexibility index (Phi) is 4.85. The molecule has 0 spiro atoms. The molecule has 0 fully saturated rings. The summed E-state index contributed by atoms with van der Waals surface area (Å²) < 4.78 is 11.9. The van der Waals surface area contributed by atoms with Crippen LogP contribution in [0.1, 0.15) is 34.1 Å². The van der Waals surface area contributed by atoms with Gasteiger partial charge in [0.1, 0.15) is 5.58 Å². The smallest absolute Gasteiger partial charge is 0.290 e. The van der Waals surface area contributed by atoms with Crippen molar-refractivity contribution in [1.29, 1.82) is 0 Å². The monoisotopic (exact) mass is 427 g/mol. The lowest BCUT2D eigenvalue weighted by molar-refractivity contribution is 0.0708. The molecule has 0 aliphatic carbocycles. The molecule has 6 heteroatoms. The Labute approximate surface area is 164 Å². The fourth-order valence-corrected chi connectivity index (χ4v) is 4.02. The maximum Gasteiger partial charge on any atom is 0.290 e. The molecule has 1 aliphatic heterocycles. The van der Waals surface area contributed by atoms with Crippen molar-refractivity contribution in [3.05, 3.63) is 80.1 Å². The molecule has 1 atom stereocenters. The van der Waals surface area contributed by atoms with E-state index in [0.29, 0.717) is 36.1 Å². The van der Waals surface area contributed by atoms with Crippen molar-refractivity contribution < 1.29 is 13.9 Å². The van der Waals surface area contributed by atoms with Gasteiger partial charge in [-0.2, -0.15) is 0 Å². The number of carbonyl (C=O) groups excluding carboxylic acids is 1. The normalized spacial score (nSPS) is 16.1. The molecule has 27 heavy (non-hydrogen) atoms. The van der Waals surface area contributed by atoms with Gasteiger partial charge in [0.05, 0.1) is 17.0 Å². The van der Waals surface area contributed by atoms with Crippen LogP contribution in [0.25, 0.3) is 11.0 Å². The van der Waals surface area contributed by atoms with Crippen LogP contribution in [0.3, 0.4) is 0 Å². The van der Waals surface area contributed by atoms with Crippen molar-refractivity contribution in [1.82, 2.24) is 4.90 Å². The zero-order chi connectivity index (χ0) is 19.0. The highest BCUT2D eigenvalue weighted by atomic mass is 79.9. The Morgan fingerprint density at radius 1 is 1.15 bits per heavy atom. The van der Waals surface area contributed by atoms with E-state index in [1.807, 2.05) is 24.3 Å². The van der Waals surface area contributed by atoms with E-state index in [1.165, 1.54) is 0 Å². The molecule has 1 amide bonds. The SMILES string of the molecule is COCCCN1C(=O)c2oc3ccccc3c(=O)c2[C@@H]1c1cccc(Br)c1. The molecule has 4 rings (SSSR count). The summed E-state index contributed by atoms with van der Waals surface area (Å²) in [6.07, 6.45) is 0.675. The van der Waals surface area contributed by atoms with Crippen LogP contribution in [0, 0.1) is 0 Å². The molecule has 1 aromatic heterocycles. The average molecular weight is 428 g/mol. The summed E-state index contributed by atoms with van der Waals surface area (Å²) in [4.78, 5) is 28.0. The molecule has 0 N–H and O–H groups in total. The number of hydrogen-bond acceptors (Lipinski definition) is 4. The maximum atomic E-state index is 13.2. The van der Waals surface area contributed by atoms with Crippen LogP contribution in [0.5, 0.6) is 0 Å². The Hall–Kier alpha value is -2.44. The number of fused-ring (bicyclic) bond motifs is 2.